The van der Waals surface area contributed by atoms with Crippen LogP contribution in [0, 0.1) is 0 Å². The smallest absolute Gasteiger partial charge is 0.128 e. The van der Waals surface area contributed by atoms with Gasteiger partial charge in [0.2, 0.25) is 0 Å². The van der Waals surface area contributed by atoms with Gasteiger partial charge in [-0.25, -0.2) is 4.98 Å². The molecule has 0 saturated heterocycles. The summed E-state index contributed by atoms with van der Waals surface area (Å²) in [5.74, 6) is 0. The van der Waals surface area contributed by atoms with Gasteiger partial charge in [-0.3, -0.25) is 0 Å². The summed E-state index contributed by atoms with van der Waals surface area (Å²) in [6.07, 6.45) is 1.67. The quantitative estimate of drug-likeness (QED) is 0.485. The van der Waals surface area contributed by atoms with Crippen LogP contribution in [0.4, 0.5) is 0 Å². The average Bonchev–Trinajstić information content (AvgIpc) is 1.92. The fourth-order valence-corrected chi connectivity index (χ4v) is 2.11. The standard InChI is InChI=1S/C8H12ClNSi/c1-11(2,3)7-4-5-10-8(9)6-7/h4-6H,1-3H3/i6D. The maximum Gasteiger partial charge on any atom is 0.128 e. The Morgan fingerprint density at radius 1 is 1.55 bits per heavy atom. The molecule has 0 saturated carbocycles. The van der Waals surface area contributed by atoms with Crippen LogP contribution in [0.25, 0.3) is 0 Å². The number of aromatic nitrogens is 1. The SMILES string of the molecule is [2H]c1c([Si](C)(C)C)ccnc1Cl. The van der Waals surface area contributed by atoms with Crippen LogP contribution in [0.1, 0.15) is 1.37 Å². The molecule has 1 heterocycles. The second-order valence-corrected chi connectivity index (χ2v) is 8.92. The number of hydrogen-bond donors (Lipinski definition) is 0. The molecule has 0 fully saturated rings. The fraction of sp³-hybridized carbons (Fsp3) is 0.375. The van der Waals surface area contributed by atoms with E-state index in [1.54, 1.807) is 6.20 Å². The zero-order valence-corrected chi connectivity index (χ0v) is 8.74. The van der Waals surface area contributed by atoms with Crippen LogP contribution in [-0.2, 0) is 0 Å². The largest absolute Gasteiger partial charge is 0.245 e. The highest BCUT2D eigenvalue weighted by molar-refractivity contribution is 6.88. The van der Waals surface area contributed by atoms with Gasteiger partial charge in [0.05, 0.1) is 9.44 Å². The lowest BCUT2D eigenvalue weighted by Crippen LogP contribution is -2.37. The van der Waals surface area contributed by atoms with Crippen molar-refractivity contribution in [1.29, 1.82) is 0 Å². The molecule has 3 heteroatoms. The minimum atomic E-state index is -1.42. The molecule has 0 aromatic carbocycles. The Balaban J connectivity index is 3.26. The Hall–Kier alpha value is -0.343. The normalized spacial score (nSPS) is 12.9. The highest BCUT2D eigenvalue weighted by atomic mass is 35.5. The summed E-state index contributed by atoms with van der Waals surface area (Å²) in [6, 6.07) is 2.30. The number of nitrogens with zero attached hydrogens (tertiary/aromatic N) is 1. The number of rotatable bonds is 1. The summed E-state index contributed by atoms with van der Waals surface area (Å²) in [7, 11) is -1.42. The van der Waals surface area contributed by atoms with Gasteiger partial charge < -0.3 is 0 Å². The molecule has 1 aromatic rings. The molecular weight excluding hydrogens is 174 g/mol. The van der Waals surface area contributed by atoms with Gasteiger partial charge in [0.15, 0.2) is 0 Å². The van der Waals surface area contributed by atoms with Crippen molar-refractivity contribution in [3.05, 3.63) is 23.5 Å². The maximum absolute atomic E-state index is 7.69. The molecule has 0 N–H and O–H groups in total. The lowest BCUT2D eigenvalue weighted by atomic mass is 10.5. The van der Waals surface area contributed by atoms with Crippen LogP contribution >= 0.6 is 11.6 Å². The summed E-state index contributed by atoms with van der Waals surface area (Å²) in [6.45, 7) is 6.57. The van der Waals surface area contributed by atoms with Crippen molar-refractivity contribution in [3.8, 4) is 0 Å². The lowest BCUT2D eigenvalue weighted by molar-refractivity contribution is 1.34. The van der Waals surface area contributed by atoms with Gasteiger partial charge in [-0.1, -0.05) is 36.4 Å². The third-order valence-corrected chi connectivity index (χ3v) is 3.57. The van der Waals surface area contributed by atoms with Crippen molar-refractivity contribution in [3.63, 3.8) is 0 Å². The fourth-order valence-electron chi connectivity index (χ4n) is 0.800. The number of pyridine rings is 1. The Labute approximate surface area is 74.8 Å². The van der Waals surface area contributed by atoms with E-state index in [1.165, 1.54) is 0 Å². The maximum atomic E-state index is 7.69. The van der Waals surface area contributed by atoms with Crippen LogP contribution in [0.5, 0.6) is 0 Å². The van der Waals surface area contributed by atoms with E-state index >= 15 is 0 Å². The molecule has 0 aliphatic rings. The van der Waals surface area contributed by atoms with Crippen molar-refractivity contribution in [1.82, 2.24) is 4.98 Å². The summed E-state index contributed by atoms with van der Waals surface area (Å²) in [4.78, 5) is 3.85. The predicted octanol–water partition coefficient (Wildman–Crippen LogP) is 2.28. The minimum Gasteiger partial charge on any atom is -0.245 e. The Morgan fingerprint density at radius 3 is 2.64 bits per heavy atom. The molecule has 0 unspecified atom stereocenters. The zero-order valence-electron chi connectivity index (χ0n) is 7.98. The van der Waals surface area contributed by atoms with Gasteiger partial charge >= 0.3 is 0 Å². The van der Waals surface area contributed by atoms with E-state index in [4.69, 9.17) is 13.0 Å². The van der Waals surface area contributed by atoms with Crippen LogP contribution in [-0.4, -0.2) is 13.1 Å². The Bertz CT molecular complexity index is 296. The molecule has 0 spiro atoms. The van der Waals surface area contributed by atoms with E-state index in [0.29, 0.717) is 11.2 Å². The molecular formula is C8H12ClNSi. The van der Waals surface area contributed by atoms with E-state index in [1.807, 2.05) is 6.07 Å². The first-order valence-corrected chi connectivity index (χ1v) is 7.42. The van der Waals surface area contributed by atoms with Gasteiger partial charge in [0.25, 0.3) is 0 Å². The summed E-state index contributed by atoms with van der Waals surface area (Å²) in [5, 5.41) is 1.39. The first kappa shape index (κ1) is 7.31. The molecule has 1 aromatic heterocycles. The van der Waals surface area contributed by atoms with Crippen LogP contribution in [0.3, 0.4) is 0 Å². The zero-order chi connectivity index (χ0) is 9.35. The van der Waals surface area contributed by atoms with Crippen molar-refractivity contribution in [2.24, 2.45) is 0 Å². The van der Waals surface area contributed by atoms with E-state index < -0.39 is 8.07 Å². The average molecular weight is 187 g/mol. The number of halogens is 1. The van der Waals surface area contributed by atoms with E-state index in [2.05, 4.69) is 24.6 Å². The van der Waals surface area contributed by atoms with Gasteiger partial charge in [0.1, 0.15) is 5.15 Å². The first-order chi connectivity index (χ1) is 5.43. The number of hydrogen-bond acceptors (Lipinski definition) is 1. The van der Waals surface area contributed by atoms with Crippen molar-refractivity contribution in [2.45, 2.75) is 19.6 Å². The summed E-state index contributed by atoms with van der Waals surface area (Å²) in [5.41, 5.74) is 0. The Morgan fingerprint density at radius 2 is 2.18 bits per heavy atom. The van der Waals surface area contributed by atoms with Gasteiger partial charge in [0, 0.05) is 6.20 Å². The molecule has 1 rings (SSSR count). The highest BCUT2D eigenvalue weighted by Crippen LogP contribution is 2.05. The Kier molecular flexibility index (Phi) is 1.96. The van der Waals surface area contributed by atoms with Crippen LogP contribution < -0.4 is 5.19 Å². The second-order valence-electron chi connectivity index (χ2n) is 3.52. The summed E-state index contributed by atoms with van der Waals surface area (Å²) < 4.78 is 7.69. The molecule has 1 nitrogen and oxygen atoms in total. The molecule has 0 aliphatic heterocycles. The van der Waals surface area contributed by atoms with Crippen molar-refractivity contribution in [2.75, 3.05) is 0 Å². The third-order valence-electron chi connectivity index (χ3n) is 1.47. The van der Waals surface area contributed by atoms with Crippen molar-refractivity contribution < 1.29 is 1.37 Å². The van der Waals surface area contributed by atoms with E-state index in [9.17, 15) is 0 Å². The van der Waals surface area contributed by atoms with Crippen molar-refractivity contribution >= 4 is 24.9 Å². The topological polar surface area (TPSA) is 12.9 Å². The molecule has 0 radical (unpaired) electrons. The van der Waals surface area contributed by atoms with Crippen LogP contribution in [0.15, 0.2) is 18.3 Å². The molecule has 0 aliphatic carbocycles. The molecule has 11 heavy (non-hydrogen) atoms. The van der Waals surface area contributed by atoms with Gasteiger partial charge in [-0.2, -0.15) is 0 Å². The molecule has 0 bridgehead atoms. The van der Waals surface area contributed by atoms with E-state index in [-0.39, 0.29) is 0 Å². The molecule has 0 atom stereocenters. The lowest BCUT2D eigenvalue weighted by Gasteiger charge is -2.15. The molecule has 60 valence electrons. The predicted molar refractivity (Wildman–Crippen MR) is 52.2 cm³/mol. The highest BCUT2D eigenvalue weighted by Gasteiger charge is 2.15. The van der Waals surface area contributed by atoms with Gasteiger partial charge in [-0.15, -0.1) is 0 Å². The minimum absolute atomic E-state index is 0.315. The third kappa shape index (κ3) is 2.31. The molecule has 0 amide bonds. The first-order valence-electron chi connectivity index (χ1n) is 4.04. The summed E-state index contributed by atoms with van der Waals surface area (Å²) >= 11 is 5.74. The van der Waals surface area contributed by atoms with Crippen LogP contribution in [0.2, 0.25) is 24.8 Å². The van der Waals surface area contributed by atoms with E-state index in [0.717, 1.165) is 5.19 Å². The second kappa shape index (κ2) is 2.95. The van der Waals surface area contributed by atoms with Gasteiger partial charge in [-0.05, 0) is 12.1 Å². The monoisotopic (exact) mass is 186 g/mol.